The number of hydrogen-bond acceptors (Lipinski definition) is 13. The molecule has 7 rings (SSSR count). The average Bonchev–Trinajstić information content (AvgIpc) is 3.88. The minimum absolute atomic E-state index is 0.565. The van der Waals surface area contributed by atoms with Crippen molar-refractivity contribution in [3.63, 3.8) is 0 Å². The number of aromatic nitrogens is 9. The van der Waals surface area contributed by atoms with Gasteiger partial charge in [-0.3, -0.25) is 14.6 Å². The van der Waals surface area contributed by atoms with Gasteiger partial charge in [0.05, 0.1) is 17.2 Å². The van der Waals surface area contributed by atoms with Crippen LogP contribution < -0.4 is 11.1 Å². The first-order valence-electron chi connectivity index (χ1n) is 15.5. The van der Waals surface area contributed by atoms with Crippen LogP contribution in [0.3, 0.4) is 0 Å². The Balaban J connectivity index is 0.000000319. The molecule has 0 aromatic carbocycles. The topological polar surface area (TPSA) is 149 Å². The van der Waals surface area contributed by atoms with Crippen LogP contribution in [0, 0.1) is 5.92 Å². The van der Waals surface area contributed by atoms with Crippen molar-refractivity contribution in [2.45, 2.75) is 52.5 Å². The Morgan fingerprint density at radius 1 is 0.891 bits per heavy atom. The molecule has 0 radical (unpaired) electrons. The van der Waals surface area contributed by atoms with Crippen molar-refractivity contribution >= 4 is 49.8 Å². The molecule has 0 bridgehead atoms. The van der Waals surface area contributed by atoms with Gasteiger partial charge in [0.2, 0.25) is 10.3 Å². The largest absolute Gasteiger partial charge is 0.374 e. The smallest absolute Gasteiger partial charge is 0.211 e. The number of hydrogen-bond donors (Lipinski definition) is 2. The number of anilines is 3. The summed E-state index contributed by atoms with van der Waals surface area (Å²) in [5, 5.41) is 27.3. The lowest BCUT2D eigenvalue weighted by Crippen LogP contribution is -2.21. The molecule has 0 spiro atoms. The molecule has 0 unspecified atom stereocenters. The maximum Gasteiger partial charge on any atom is 0.211 e. The molecule has 238 valence electrons. The maximum atomic E-state index is 5.40. The number of likely N-dealkylation sites (tertiary alicyclic amines) is 1. The van der Waals surface area contributed by atoms with E-state index in [1.54, 1.807) is 12.4 Å². The highest BCUT2D eigenvalue weighted by molar-refractivity contribution is 7.15. The highest BCUT2D eigenvalue weighted by atomic mass is 32.1. The van der Waals surface area contributed by atoms with Gasteiger partial charge in [-0.05, 0) is 80.7 Å². The van der Waals surface area contributed by atoms with Gasteiger partial charge in [-0.2, -0.15) is 5.10 Å². The van der Waals surface area contributed by atoms with Gasteiger partial charge in [0.1, 0.15) is 15.8 Å². The zero-order valence-corrected chi connectivity index (χ0v) is 27.7. The zero-order valence-electron chi connectivity index (χ0n) is 26.1. The summed E-state index contributed by atoms with van der Waals surface area (Å²) < 4.78 is 2.03. The zero-order chi connectivity index (χ0) is 31.7. The van der Waals surface area contributed by atoms with E-state index in [1.165, 1.54) is 48.6 Å². The molecule has 0 aliphatic carbocycles. The van der Waals surface area contributed by atoms with Crippen LogP contribution in [-0.4, -0.2) is 69.7 Å². The summed E-state index contributed by atoms with van der Waals surface area (Å²) in [5.41, 5.74) is 10.3. The highest BCUT2D eigenvalue weighted by Crippen LogP contribution is 2.25. The third kappa shape index (κ3) is 8.86. The average molecular weight is 655 g/mol. The van der Waals surface area contributed by atoms with Crippen LogP contribution in [0.15, 0.2) is 61.3 Å². The molecule has 46 heavy (non-hydrogen) atoms. The van der Waals surface area contributed by atoms with E-state index in [1.807, 2.05) is 41.3 Å². The van der Waals surface area contributed by atoms with Crippen molar-refractivity contribution in [3.05, 3.63) is 76.9 Å². The number of nitrogens with two attached hydrogens (primary N) is 1. The molecular weight excluding hydrogens is 617 g/mol. The van der Waals surface area contributed by atoms with Crippen LogP contribution in [0.2, 0.25) is 0 Å². The van der Waals surface area contributed by atoms with E-state index in [0.29, 0.717) is 22.0 Å². The number of nitrogens with zero attached hydrogens (tertiary/aromatic N) is 10. The lowest BCUT2D eigenvalue weighted by molar-refractivity contribution is 0.322. The second-order valence-corrected chi connectivity index (χ2v) is 13.8. The lowest BCUT2D eigenvalue weighted by Gasteiger charge is -2.13. The van der Waals surface area contributed by atoms with E-state index in [9.17, 15) is 0 Å². The van der Waals surface area contributed by atoms with Crippen LogP contribution >= 0.6 is 22.7 Å². The molecule has 1 fully saturated rings. The van der Waals surface area contributed by atoms with Gasteiger partial charge in [0.15, 0.2) is 0 Å². The monoisotopic (exact) mass is 654 g/mol. The summed E-state index contributed by atoms with van der Waals surface area (Å²) >= 11 is 2.99. The number of pyridine rings is 3. The molecule has 6 aromatic heterocycles. The van der Waals surface area contributed by atoms with E-state index in [-0.39, 0.29) is 0 Å². The van der Waals surface area contributed by atoms with E-state index in [0.717, 1.165) is 70.1 Å². The summed E-state index contributed by atoms with van der Waals surface area (Å²) in [6.45, 7) is 8.85. The fourth-order valence-corrected chi connectivity index (χ4v) is 6.79. The van der Waals surface area contributed by atoms with Crippen molar-refractivity contribution < 1.29 is 0 Å². The Labute approximate surface area is 276 Å². The summed E-state index contributed by atoms with van der Waals surface area (Å²) in [6, 6.07) is 9.92. The second kappa shape index (κ2) is 15.3. The quantitative estimate of drug-likeness (QED) is 0.172. The van der Waals surface area contributed by atoms with Crippen molar-refractivity contribution in [2.24, 2.45) is 5.92 Å². The van der Waals surface area contributed by atoms with Crippen LogP contribution in [-0.2, 0) is 19.4 Å². The third-order valence-corrected chi connectivity index (χ3v) is 9.05. The van der Waals surface area contributed by atoms with Crippen LogP contribution in [0.25, 0.3) is 22.2 Å². The predicted octanol–water partition coefficient (Wildman–Crippen LogP) is 5.88. The molecule has 6 aromatic rings. The standard InChI is InChI=1S/C26H27N9S.C6H11N3S/c1-2-11-34(10-1)12-3-13-35-18-21(17-29-35)20-15-23-22(28-16-20)4-5-24(30-23)31-26-33-32-25(36-26)14-19-6-8-27-9-7-19;1-4(2)3-5-8-9-6(7)10-5/h4-9,15-18H,1-3,10-14H2,(H,30,31,33);4H,3H2,1-2H3,(H2,7,9). The number of fused-ring (bicyclic) bond motifs is 1. The number of aryl methyl sites for hydroxylation is 1. The predicted molar refractivity (Wildman–Crippen MR) is 184 cm³/mol. The van der Waals surface area contributed by atoms with Crippen molar-refractivity contribution in [2.75, 3.05) is 30.7 Å². The first-order chi connectivity index (χ1) is 22.5. The summed E-state index contributed by atoms with van der Waals surface area (Å²) in [7, 11) is 0. The van der Waals surface area contributed by atoms with Gasteiger partial charge in [-0.25, -0.2) is 4.98 Å². The fourth-order valence-electron chi connectivity index (χ4n) is 5.19. The second-order valence-electron chi connectivity index (χ2n) is 11.6. The minimum Gasteiger partial charge on any atom is -0.374 e. The first kappa shape index (κ1) is 31.6. The van der Waals surface area contributed by atoms with Crippen molar-refractivity contribution in [1.29, 1.82) is 0 Å². The minimum atomic E-state index is 0.565. The molecule has 12 nitrogen and oxygen atoms in total. The maximum absolute atomic E-state index is 5.40. The molecule has 1 saturated heterocycles. The molecule has 3 N–H and O–H groups in total. The summed E-state index contributed by atoms with van der Waals surface area (Å²) in [6.07, 6.45) is 15.0. The molecule has 0 atom stereocenters. The van der Waals surface area contributed by atoms with Gasteiger partial charge in [-0.15, -0.1) is 20.4 Å². The van der Waals surface area contributed by atoms with E-state index in [4.69, 9.17) is 10.7 Å². The van der Waals surface area contributed by atoms with Gasteiger partial charge < -0.3 is 16.0 Å². The summed E-state index contributed by atoms with van der Waals surface area (Å²) in [5.74, 6) is 1.35. The van der Waals surface area contributed by atoms with E-state index >= 15 is 0 Å². The van der Waals surface area contributed by atoms with Crippen molar-refractivity contribution in [1.82, 2.24) is 50.0 Å². The van der Waals surface area contributed by atoms with Gasteiger partial charge in [0, 0.05) is 55.3 Å². The number of nitrogens with one attached hydrogen (secondary N) is 1. The normalized spacial score (nSPS) is 13.3. The Hall–Kier alpha value is -4.40. The van der Waals surface area contributed by atoms with E-state index in [2.05, 4.69) is 71.8 Å². The Morgan fingerprint density at radius 3 is 2.50 bits per heavy atom. The number of nitrogen functional groups attached to an aromatic ring is 1. The molecular formula is C32H38N12S2. The fraction of sp³-hybridized carbons (Fsp3) is 0.375. The van der Waals surface area contributed by atoms with Crippen LogP contribution in [0.1, 0.15) is 48.7 Å². The Kier molecular flexibility index (Phi) is 10.5. The van der Waals surface area contributed by atoms with Gasteiger partial charge in [0.25, 0.3) is 0 Å². The molecule has 1 aliphatic rings. The summed E-state index contributed by atoms with van der Waals surface area (Å²) in [4.78, 5) is 16.0. The van der Waals surface area contributed by atoms with Gasteiger partial charge in [-0.1, -0.05) is 36.5 Å². The van der Waals surface area contributed by atoms with Crippen LogP contribution in [0.4, 0.5) is 16.1 Å². The molecule has 7 heterocycles. The molecule has 14 heteroatoms. The van der Waals surface area contributed by atoms with E-state index < -0.39 is 0 Å². The lowest BCUT2D eigenvalue weighted by atomic mass is 10.1. The Morgan fingerprint density at radius 2 is 1.72 bits per heavy atom. The molecule has 0 saturated carbocycles. The molecule has 1 aliphatic heterocycles. The highest BCUT2D eigenvalue weighted by Gasteiger charge is 2.12. The Bertz CT molecular complexity index is 1830. The first-order valence-corrected chi connectivity index (χ1v) is 17.2. The molecule has 0 amide bonds. The van der Waals surface area contributed by atoms with Gasteiger partial charge >= 0.3 is 0 Å². The third-order valence-electron chi connectivity index (χ3n) is 7.44. The van der Waals surface area contributed by atoms with Crippen LogP contribution in [0.5, 0.6) is 0 Å². The SMILES string of the molecule is CC(C)Cc1nnc(N)s1.c1cc(Cc2nnc(Nc3ccc4ncc(-c5cnn(CCCN6CCCC6)c5)cc4n3)s2)ccn1. The number of rotatable bonds is 11. The van der Waals surface area contributed by atoms with Crippen molar-refractivity contribution in [3.8, 4) is 11.1 Å².